The van der Waals surface area contributed by atoms with Crippen molar-refractivity contribution in [3.05, 3.63) is 66.4 Å². The molecule has 0 saturated carbocycles. The minimum absolute atomic E-state index is 0.00670. The number of carbonyl (C=O) groups is 1. The van der Waals surface area contributed by atoms with E-state index in [0.29, 0.717) is 6.54 Å². The van der Waals surface area contributed by atoms with Gasteiger partial charge in [-0.15, -0.1) is 0 Å². The van der Waals surface area contributed by atoms with Gasteiger partial charge in [0.25, 0.3) is 5.91 Å². The molecule has 0 radical (unpaired) electrons. The summed E-state index contributed by atoms with van der Waals surface area (Å²) in [5, 5.41) is 7.47. The van der Waals surface area contributed by atoms with Crippen molar-refractivity contribution in [2.45, 2.75) is 19.9 Å². The molecule has 0 atom stereocenters. The van der Waals surface area contributed by atoms with Crippen LogP contribution in [0.25, 0.3) is 10.9 Å². The molecule has 0 saturated heterocycles. The van der Waals surface area contributed by atoms with E-state index in [1.165, 1.54) is 0 Å². The second-order valence-corrected chi connectivity index (χ2v) is 5.73. The van der Waals surface area contributed by atoms with Crippen molar-refractivity contribution in [2.75, 3.05) is 18.4 Å². The Morgan fingerprint density at radius 2 is 1.75 bits per heavy atom. The number of fused-ring (bicyclic) bond motifs is 1. The lowest BCUT2D eigenvalue weighted by molar-refractivity contribution is 0.0945. The Hall–Kier alpha value is -2.75. The Labute approximate surface area is 142 Å². The Morgan fingerprint density at radius 1 is 1.00 bits per heavy atom. The Balaban J connectivity index is 1.54. The lowest BCUT2D eigenvalue weighted by atomic mass is 10.2. The van der Waals surface area contributed by atoms with Crippen LogP contribution in [0, 0.1) is 0 Å². The SMILES string of the molecule is CCn1c(C(=O)NCCCNc2ccccc2)cc2ccccc21. The van der Waals surface area contributed by atoms with E-state index in [0.717, 1.165) is 41.8 Å². The number of anilines is 1. The smallest absolute Gasteiger partial charge is 0.267 e. The van der Waals surface area contributed by atoms with Crippen molar-refractivity contribution in [3.8, 4) is 0 Å². The highest BCUT2D eigenvalue weighted by molar-refractivity contribution is 5.98. The largest absolute Gasteiger partial charge is 0.385 e. The van der Waals surface area contributed by atoms with Crippen LogP contribution >= 0.6 is 0 Å². The monoisotopic (exact) mass is 321 g/mol. The topological polar surface area (TPSA) is 46.1 Å². The van der Waals surface area contributed by atoms with Crippen LogP contribution in [-0.4, -0.2) is 23.6 Å². The normalized spacial score (nSPS) is 10.7. The number of carbonyl (C=O) groups excluding carboxylic acids is 1. The molecule has 0 bridgehead atoms. The number of rotatable bonds is 7. The molecule has 1 aromatic heterocycles. The lowest BCUT2D eigenvalue weighted by Crippen LogP contribution is -2.27. The summed E-state index contributed by atoms with van der Waals surface area (Å²) in [5.41, 5.74) is 2.94. The van der Waals surface area contributed by atoms with Crippen molar-refractivity contribution in [3.63, 3.8) is 0 Å². The zero-order chi connectivity index (χ0) is 16.8. The van der Waals surface area contributed by atoms with Gasteiger partial charge < -0.3 is 15.2 Å². The van der Waals surface area contributed by atoms with Gasteiger partial charge in [0.05, 0.1) is 0 Å². The number of hydrogen-bond acceptors (Lipinski definition) is 2. The second-order valence-electron chi connectivity index (χ2n) is 5.73. The Morgan fingerprint density at radius 3 is 2.54 bits per heavy atom. The van der Waals surface area contributed by atoms with E-state index < -0.39 is 0 Å². The molecule has 1 heterocycles. The predicted octanol–water partition coefficient (Wildman–Crippen LogP) is 3.89. The van der Waals surface area contributed by atoms with Crippen LogP contribution in [0.1, 0.15) is 23.8 Å². The van der Waals surface area contributed by atoms with E-state index in [2.05, 4.69) is 28.2 Å². The molecule has 2 N–H and O–H groups in total. The van der Waals surface area contributed by atoms with Crippen LogP contribution in [0.15, 0.2) is 60.7 Å². The number of nitrogens with one attached hydrogen (secondary N) is 2. The van der Waals surface area contributed by atoms with Gasteiger partial charge in [0.2, 0.25) is 0 Å². The molecule has 4 heteroatoms. The summed E-state index contributed by atoms with van der Waals surface area (Å²) in [5.74, 6) is -0.00670. The fourth-order valence-electron chi connectivity index (χ4n) is 2.91. The highest BCUT2D eigenvalue weighted by Crippen LogP contribution is 2.19. The van der Waals surface area contributed by atoms with Gasteiger partial charge in [0, 0.05) is 36.2 Å². The van der Waals surface area contributed by atoms with Gasteiger partial charge in [-0.05, 0) is 37.6 Å². The van der Waals surface area contributed by atoms with Crippen molar-refractivity contribution >= 4 is 22.5 Å². The van der Waals surface area contributed by atoms with Crippen molar-refractivity contribution in [1.82, 2.24) is 9.88 Å². The number of nitrogens with zero attached hydrogens (tertiary/aromatic N) is 1. The summed E-state index contributed by atoms with van der Waals surface area (Å²) in [4.78, 5) is 12.5. The molecule has 0 fully saturated rings. The summed E-state index contributed by atoms with van der Waals surface area (Å²) < 4.78 is 2.06. The molecular weight excluding hydrogens is 298 g/mol. The molecule has 0 aliphatic rings. The van der Waals surface area contributed by atoms with Crippen molar-refractivity contribution in [1.29, 1.82) is 0 Å². The van der Waals surface area contributed by atoms with Gasteiger partial charge in [-0.3, -0.25) is 4.79 Å². The first-order valence-electron chi connectivity index (χ1n) is 8.45. The number of aromatic nitrogens is 1. The summed E-state index contributed by atoms with van der Waals surface area (Å²) in [7, 11) is 0. The second kappa shape index (κ2) is 7.68. The van der Waals surface area contributed by atoms with E-state index in [9.17, 15) is 4.79 Å². The van der Waals surface area contributed by atoms with E-state index in [1.54, 1.807) is 0 Å². The minimum Gasteiger partial charge on any atom is -0.385 e. The van der Waals surface area contributed by atoms with E-state index in [1.807, 2.05) is 54.6 Å². The maximum atomic E-state index is 12.5. The van der Waals surface area contributed by atoms with Crippen LogP contribution in [0.2, 0.25) is 0 Å². The zero-order valence-electron chi connectivity index (χ0n) is 14.0. The van der Waals surface area contributed by atoms with Crippen LogP contribution in [0.4, 0.5) is 5.69 Å². The Kier molecular flexibility index (Phi) is 5.16. The fraction of sp³-hybridized carbons (Fsp3) is 0.250. The highest BCUT2D eigenvalue weighted by Gasteiger charge is 2.13. The standard InChI is InChI=1S/C20H23N3O/c1-2-23-18-12-7-6-9-16(18)15-19(23)20(24)22-14-8-13-21-17-10-4-3-5-11-17/h3-7,9-12,15,21H,2,8,13-14H2,1H3,(H,22,24). The van der Waals surface area contributed by atoms with Crippen LogP contribution in [0.5, 0.6) is 0 Å². The first-order chi connectivity index (χ1) is 11.8. The summed E-state index contributed by atoms with van der Waals surface area (Å²) in [6.45, 7) is 4.34. The molecule has 0 aliphatic heterocycles. The van der Waals surface area contributed by atoms with Gasteiger partial charge in [0.1, 0.15) is 5.69 Å². The van der Waals surface area contributed by atoms with E-state index >= 15 is 0 Å². The average Bonchev–Trinajstić information content (AvgIpc) is 3.01. The van der Waals surface area contributed by atoms with Crippen LogP contribution in [-0.2, 0) is 6.54 Å². The highest BCUT2D eigenvalue weighted by atomic mass is 16.1. The average molecular weight is 321 g/mol. The van der Waals surface area contributed by atoms with E-state index in [4.69, 9.17) is 0 Å². The molecular formula is C20H23N3O. The number of aryl methyl sites for hydroxylation is 1. The molecule has 0 spiro atoms. The van der Waals surface area contributed by atoms with Gasteiger partial charge in [-0.2, -0.15) is 0 Å². The quantitative estimate of drug-likeness (QED) is 0.648. The third-order valence-electron chi connectivity index (χ3n) is 4.10. The molecule has 1 amide bonds. The first kappa shape index (κ1) is 16.1. The van der Waals surface area contributed by atoms with Gasteiger partial charge in [0.15, 0.2) is 0 Å². The van der Waals surface area contributed by atoms with Gasteiger partial charge in [-0.25, -0.2) is 0 Å². The number of para-hydroxylation sites is 2. The Bertz CT molecular complexity index is 808. The minimum atomic E-state index is -0.00670. The molecule has 124 valence electrons. The third kappa shape index (κ3) is 3.59. The lowest BCUT2D eigenvalue weighted by Gasteiger charge is -2.09. The molecule has 3 rings (SSSR count). The van der Waals surface area contributed by atoms with Gasteiger partial charge in [-0.1, -0.05) is 36.4 Å². The molecule has 24 heavy (non-hydrogen) atoms. The molecule has 0 unspecified atom stereocenters. The maximum absolute atomic E-state index is 12.5. The predicted molar refractivity (Wildman–Crippen MR) is 99.5 cm³/mol. The third-order valence-corrected chi connectivity index (χ3v) is 4.10. The molecule has 0 aliphatic carbocycles. The number of hydrogen-bond donors (Lipinski definition) is 2. The van der Waals surface area contributed by atoms with Crippen LogP contribution in [0.3, 0.4) is 0 Å². The number of benzene rings is 2. The molecule has 2 aromatic carbocycles. The fourth-order valence-corrected chi connectivity index (χ4v) is 2.91. The van der Waals surface area contributed by atoms with E-state index in [-0.39, 0.29) is 5.91 Å². The zero-order valence-corrected chi connectivity index (χ0v) is 14.0. The number of amides is 1. The first-order valence-corrected chi connectivity index (χ1v) is 8.45. The maximum Gasteiger partial charge on any atom is 0.267 e. The van der Waals surface area contributed by atoms with Gasteiger partial charge >= 0.3 is 0 Å². The van der Waals surface area contributed by atoms with Crippen molar-refractivity contribution in [2.24, 2.45) is 0 Å². The summed E-state index contributed by atoms with van der Waals surface area (Å²) in [6, 6.07) is 20.2. The van der Waals surface area contributed by atoms with Crippen LogP contribution < -0.4 is 10.6 Å². The molecule has 4 nitrogen and oxygen atoms in total. The summed E-state index contributed by atoms with van der Waals surface area (Å²) in [6.07, 6.45) is 0.882. The van der Waals surface area contributed by atoms with Crippen molar-refractivity contribution < 1.29 is 4.79 Å². The summed E-state index contributed by atoms with van der Waals surface area (Å²) >= 11 is 0. The molecule has 3 aromatic rings.